The van der Waals surface area contributed by atoms with Crippen molar-refractivity contribution in [2.75, 3.05) is 6.54 Å². The number of nitrogens with one attached hydrogen (secondary N) is 1. The lowest BCUT2D eigenvalue weighted by Crippen LogP contribution is -2.36. The molecule has 0 saturated heterocycles. The van der Waals surface area contributed by atoms with Crippen LogP contribution in [-0.4, -0.2) is 30.7 Å². The highest BCUT2D eigenvalue weighted by atomic mass is 32.2. The fourth-order valence-corrected chi connectivity index (χ4v) is 1.90. The van der Waals surface area contributed by atoms with E-state index >= 15 is 0 Å². The summed E-state index contributed by atoms with van der Waals surface area (Å²) in [5.41, 5.74) is 0.310. The molecule has 6 heteroatoms. The van der Waals surface area contributed by atoms with Crippen LogP contribution < -0.4 is 5.32 Å². The normalized spacial score (nSPS) is 13.2. The Kier molecular flexibility index (Phi) is 6.28. The third-order valence-electron chi connectivity index (χ3n) is 2.18. The summed E-state index contributed by atoms with van der Waals surface area (Å²) >= 11 is 0. The average molecular weight is 249 g/mol. The number of hydrogen-bond acceptors (Lipinski definition) is 3. The lowest BCUT2D eigenvalue weighted by molar-refractivity contribution is -0.117. The van der Waals surface area contributed by atoms with Crippen molar-refractivity contribution in [1.29, 1.82) is 0 Å². The molecule has 2 N–H and O–H groups in total. The second-order valence-corrected chi connectivity index (χ2v) is 5.47. The van der Waals surface area contributed by atoms with Gasteiger partial charge >= 0.3 is 0 Å². The van der Waals surface area contributed by atoms with Gasteiger partial charge in [-0.15, -0.1) is 0 Å². The second kappa shape index (κ2) is 6.65. The molecule has 0 heterocycles. The zero-order valence-corrected chi connectivity index (χ0v) is 10.5. The Hall–Kier alpha value is -0.880. The van der Waals surface area contributed by atoms with E-state index in [1.165, 1.54) is 6.92 Å². The van der Waals surface area contributed by atoms with Crippen molar-refractivity contribution < 1.29 is 17.8 Å². The smallest absolute Gasteiger partial charge is 0.269 e. The van der Waals surface area contributed by atoms with E-state index in [9.17, 15) is 13.2 Å². The summed E-state index contributed by atoms with van der Waals surface area (Å²) in [6.07, 6.45) is 1.86. The van der Waals surface area contributed by atoms with Gasteiger partial charge in [0.2, 0.25) is 5.91 Å². The van der Waals surface area contributed by atoms with Gasteiger partial charge in [-0.1, -0.05) is 26.3 Å². The fraction of sp³-hybridized carbons (Fsp3) is 0.700. The molecule has 0 aromatic heterocycles. The van der Waals surface area contributed by atoms with E-state index in [4.69, 9.17) is 4.55 Å². The molecule has 0 rings (SSSR count). The van der Waals surface area contributed by atoms with E-state index in [0.717, 1.165) is 6.42 Å². The number of carbonyl (C=O) groups excluding carboxylic acids is 1. The average Bonchev–Trinajstić information content (AvgIpc) is 2.15. The molecule has 1 amide bonds. The van der Waals surface area contributed by atoms with Gasteiger partial charge in [-0.05, 0) is 13.3 Å². The minimum absolute atomic E-state index is 0.0788. The van der Waals surface area contributed by atoms with E-state index in [2.05, 4.69) is 11.9 Å². The van der Waals surface area contributed by atoms with Crippen LogP contribution in [0, 0.1) is 0 Å². The predicted octanol–water partition coefficient (Wildman–Crippen LogP) is 1.13. The van der Waals surface area contributed by atoms with Gasteiger partial charge in [0.05, 0.1) is 0 Å². The van der Waals surface area contributed by atoms with Crippen LogP contribution in [0.25, 0.3) is 0 Å². The van der Waals surface area contributed by atoms with Gasteiger partial charge in [0.15, 0.2) is 0 Å². The Morgan fingerprint density at radius 3 is 2.44 bits per heavy atom. The largest absolute Gasteiger partial charge is 0.351 e. The van der Waals surface area contributed by atoms with Crippen LogP contribution in [0.3, 0.4) is 0 Å². The van der Waals surface area contributed by atoms with Crippen LogP contribution in [0.1, 0.15) is 33.1 Å². The van der Waals surface area contributed by atoms with Crippen molar-refractivity contribution in [1.82, 2.24) is 5.32 Å². The maximum Gasteiger partial charge on any atom is 0.269 e. The van der Waals surface area contributed by atoms with Crippen LogP contribution in [-0.2, 0) is 14.9 Å². The van der Waals surface area contributed by atoms with Gasteiger partial charge in [-0.3, -0.25) is 9.35 Å². The quantitative estimate of drug-likeness (QED) is 0.523. The zero-order chi connectivity index (χ0) is 12.8. The van der Waals surface area contributed by atoms with Crippen molar-refractivity contribution in [3.8, 4) is 0 Å². The molecular weight excluding hydrogens is 230 g/mol. The van der Waals surface area contributed by atoms with Crippen LogP contribution in [0.4, 0.5) is 0 Å². The van der Waals surface area contributed by atoms with Gasteiger partial charge in [0, 0.05) is 12.1 Å². The lowest BCUT2D eigenvalue weighted by atomic mass is 10.2. The number of unbranched alkanes of at least 4 members (excludes halogenated alkanes) is 1. The van der Waals surface area contributed by atoms with E-state index < -0.39 is 21.3 Å². The maximum atomic E-state index is 11.2. The number of amides is 1. The summed E-state index contributed by atoms with van der Waals surface area (Å²) in [4.78, 5) is 11.2. The Bertz CT molecular complexity index is 348. The first kappa shape index (κ1) is 15.1. The highest BCUT2D eigenvalue weighted by Gasteiger charge is 2.22. The van der Waals surface area contributed by atoms with Gasteiger partial charge in [0.25, 0.3) is 10.1 Å². The molecule has 1 atom stereocenters. The van der Waals surface area contributed by atoms with Crippen molar-refractivity contribution in [2.45, 2.75) is 38.4 Å². The van der Waals surface area contributed by atoms with E-state index in [1.807, 2.05) is 6.92 Å². The van der Waals surface area contributed by atoms with Gasteiger partial charge in [0.1, 0.15) is 5.25 Å². The van der Waals surface area contributed by atoms with Crippen LogP contribution >= 0.6 is 0 Å². The van der Waals surface area contributed by atoms with Crippen molar-refractivity contribution in [2.24, 2.45) is 0 Å². The second-order valence-electron chi connectivity index (χ2n) is 3.77. The topological polar surface area (TPSA) is 83.5 Å². The molecule has 0 aromatic carbocycles. The van der Waals surface area contributed by atoms with Gasteiger partial charge in [-0.2, -0.15) is 8.42 Å². The number of carbonyl (C=O) groups is 1. The first-order valence-electron chi connectivity index (χ1n) is 5.19. The first-order valence-corrected chi connectivity index (χ1v) is 6.69. The third-order valence-corrected chi connectivity index (χ3v) is 3.42. The summed E-state index contributed by atoms with van der Waals surface area (Å²) in [7, 11) is -4.10. The summed E-state index contributed by atoms with van der Waals surface area (Å²) in [6.45, 7) is 6.81. The first-order chi connectivity index (χ1) is 7.29. The summed E-state index contributed by atoms with van der Waals surface area (Å²) in [5.74, 6) is -0.398. The minimum Gasteiger partial charge on any atom is -0.351 e. The number of rotatable bonds is 7. The molecule has 0 saturated carbocycles. The Balaban J connectivity index is 4.34. The summed E-state index contributed by atoms with van der Waals surface area (Å²) < 4.78 is 31.0. The van der Waals surface area contributed by atoms with Crippen molar-refractivity contribution in [3.05, 3.63) is 12.2 Å². The summed E-state index contributed by atoms with van der Waals surface area (Å²) in [6, 6.07) is 0. The molecule has 0 spiro atoms. The monoisotopic (exact) mass is 249 g/mol. The van der Waals surface area contributed by atoms with Crippen molar-refractivity contribution in [3.63, 3.8) is 0 Å². The van der Waals surface area contributed by atoms with E-state index in [1.54, 1.807) is 0 Å². The molecule has 0 fully saturated rings. The van der Waals surface area contributed by atoms with Crippen LogP contribution in [0.5, 0.6) is 0 Å². The van der Waals surface area contributed by atoms with Gasteiger partial charge in [-0.25, -0.2) is 0 Å². The Labute approximate surface area is 96.7 Å². The molecule has 16 heavy (non-hydrogen) atoms. The highest BCUT2D eigenvalue weighted by Crippen LogP contribution is 2.08. The molecule has 0 aliphatic carbocycles. The predicted molar refractivity (Wildman–Crippen MR) is 62.7 cm³/mol. The SMILES string of the molecule is C=C(C)C(=O)NCC(CCCC)S(=O)(=O)O. The van der Waals surface area contributed by atoms with E-state index in [0.29, 0.717) is 18.4 Å². The molecule has 5 nitrogen and oxygen atoms in total. The Morgan fingerprint density at radius 2 is 2.06 bits per heavy atom. The van der Waals surface area contributed by atoms with Crippen LogP contribution in [0.15, 0.2) is 12.2 Å². The maximum absolute atomic E-state index is 11.2. The molecule has 94 valence electrons. The number of hydrogen-bond donors (Lipinski definition) is 2. The fourth-order valence-electron chi connectivity index (χ4n) is 1.15. The lowest BCUT2D eigenvalue weighted by Gasteiger charge is -2.14. The Morgan fingerprint density at radius 1 is 1.50 bits per heavy atom. The third kappa shape index (κ3) is 5.87. The molecule has 0 radical (unpaired) electrons. The minimum atomic E-state index is -4.10. The highest BCUT2D eigenvalue weighted by molar-refractivity contribution is 7.86. The molecular formula is C10H19NO4S. The van der Waals surface area contributed by atoms with Crippen molar-refractivity contribution >= 4 is 16.0 Å². The van der Waals surface area contributed by atoms with Gasteiger partial charge < -0.3 is 5.32 Å². The van der Waals surface area contributed by atoms with Crippen LogP contribution in [0.2, 0.25) is 0 Å². The molecule has 0 aliphatic rings. The molecule has 0 bridgehead atoms. The molecule has 1 unspecified atom stereocenters. The standard InChI is InChI=1S/C10H19NO4S/c1-4-5-6-9(16(13,14)15)7-11-10(12)8(2)3/h9H,2,4-7H2,1,3H3,(H,11,12)(H,13,14,15). The summed E-state index contributed by atoms with van der Waals surface area (Å²) in [5, 5.41) is 1.49. The zero-order valence-electron chi connectivity index (χ0n) is 9.69. The van der Waals surface area contributed by atoms with E-state index in [-0.39, 0.29) is 6.54 Å². The molecule has 0 aliphatic heterocycles. The molecule has 0 aromatic rings.